The van der Waals surface area contributed by atoms with E-state index >= 15 is 0 Å². The molecule has 0 aliphatic carbocycles. The monoisotopic (exact) mass is 1150 g/mol. The minimum atomic E-state index is -4.61. The highest BCUT2D eigenvalue weighted by molar-refractivity contribution is 7.45. The fourth-order valence-corrected chi connectivity index (χ4v) is 11.3. The number of hydrogen-bond donors (Lipinski definition) is 2. The van der Waals surface area contributed by atoms with E-state index < -0.39 is 20.0 Å². The van der Waals surface area contributed by atoms with E-state index in [-0.39, 0.29) is 19.1 Å². The molecule has 0 aromatic carbocycles. The highest BCUT2D eigenvalue weighted by atomic mass is 31.2. The lowest BCUT2D eigenvalue weighted by atomic mass is 10.0. The summed E-state index contributed by atoms with van der Waals surface area (Å²) in [5.74, 6) is -0.201. The first kappa shape index (κ1) is 78.5. The predicted molar refractivity (Wildman–Crippen MR) is 348 cm³/mol. The zero-order chi connectivity index (χ0) is 58.4. The average molecular weight is 1150 g/mol. The molecule has 3 atom stereocenters. The molecule has 0 aromatic heterocycles. The minimum absolute atomic E-state index is 0.00499. The van der Waals surface area contributed by atoms with E-state index in [4.69, 9.17) is 9.05 Å². The van der Waals surface area contributed by atoms with Gasteiger partial charge in [0.15, 0.2) is 0 Å². The zero-order valence-corrected chi connectivity index (χ0v) is 54.9. The molecule has 0 aliphatic heterocycles. The second-order valence-electron chi connectivity index (χ2n) is 25.2. The van der Waals surface area contributed by atoms with Crippen LogP contribution in [0.4, 0.5) is 0 Å². The summed E-state index contributed by atoms with van der Waals surface area (Å²) in [6.07, 6.45) is 83.8. The van der Waals surface area contributed by atoms with Gasteiger partial charge in [0, 0.05) is 6.42 Å². The molecule has 0 aromatic rings. The SMILES string of the molecule is CCCCCCC/C=C\C/C=C\CCCCCCCCCCCCCCCCCCCCCCCCCC(=O)NC(COP(=O)([O-])OCC[N+](C)(C)C)C(O)/C=C/CC/C=C/CCCCCCCCCCCCCCCCCCC. The third-order valence-electron chi connectivity index (χ3n) is 16.0. The van der Waals surface area contributed by atoms with E-state index in [0.717, 1.165) is 44.9 Å². The normalized spacial score (nSPS) is 13.9. The van der Waals surface area contributed by atoms with Gasteiger partial charge in [0.1, 0.15) is 13.2 Å². The van der Waals surface area contributed by atoms with Crippen molar-refractivity contribution in [1.29, 1.82) is 0 Å². The van der Waals surface area contributed by atoms with Crippen LogP contribution in [0.5, 0.6) is 0 Å². The van der Waals surface area contributed by atoms with Crippen LogP contribution < -0.4 is 10.2 Å². The Hall–Kier alpha value is -1.54. The summed E-state index contributed by atoms with van der Waals surface area (Å²) in [5, 5.41) is 13.9. The Bertz CT molecular complexity index is 1440. The van der Waals surface area contributed by atoms with Gasteiger partial charge in [-0.3, -0.25) is 9.36 Å². The summed E-state index contributed by atoms with van der Waals surface area (Å²) in [6, 6.07) is -0.904. The number of amides is 1. The summed E-state index contributed by atoms with van der Waals surface area (Å²) in [7, 11) is 1.26. The van der Waals surface area contributed by atoms with Crippen molar-refractivity contribution in [3.8, 4) is 0 Å². The number of unbranched alkanes of at least 4 members (excludes halogenated alkanes) is 46. The van der Waals surface area contributed by atoms with E-state index in [1.165, 1.54) is 283 Å². The maximum Gasteiger partial charge on any atom is 0.268 e. The van der Waals surface area contributed by atoms with Crippen molar-refractivity contribution < 1.29 is 32.9 Å². The van der Waals surface area contributed by atoms with Crippen molar-refractivity contribution in [3.05, 3.63) is 48.6 Å². The van der Waals surface area contributed by atoms with Crippen molar-refractivity contribution in [2.75, 3.05) is 40.9 Å². The number of aliphatic hydroxyl groups excluding tert-OH is 1. The Morgan fingerprint density at radius 2 is 0.738 bits per heavy atom. The van der Waals surface area contributed by atoms with Crippen LogP contribution in [0.1, 0.15) is 348 Å². The third kappa shape index (κ3) is 64.0. The number of likely N-dealkylation sites (N-methyl/N-ethyl adjacent to an activating group) is 1. The van der Waals surface area contributed by atoms with Crippen molar-refractivity contribution in [2.24, 2.45) is 0 Å². The Balaban J connectivity index is 4.03. The first-order chi connectivity index (χ1) is 39.0. The number of nitrogens with one attached hydrogen (secondary N) is 1. The standard InChI is InChI=1S/C71H137N2O6P/c1-6-8-10-12-14-16-18-20-22-24-26-28-30-31-32-33-34-35-36-37-38-39-40-41-43-45-47-49-51-53-55-57-59-61-63-65-71(75)72-69(68-79-80(76,77)78-67-66-73(3,4)5)70(74)64-62-60-58-56-54-52-50-48-46-44-42-29-27-25-23-21-19-17-15-13-11-9-7-2/h18,20,24,26,54,56,62,64,69-70,74H,6-17,19,21-23,25,27-53,55,57-61,63,65-68H2,1-5H3,(H-,72,75,76,77)/b20-18-,26-24-,56-54+,64-62+. The second kappa shape index (κ2) is 62.0. The minimum Gasteiger partial charge on any atom is -0.756 e. The van der Waals surface area contributed by atoms with Gasteiger partial charge in [-0.25, -0.2) is 0 Å². The zero-order valence-electron chi connectivity index (χ0n) is 54.0. The molecule has 0 saturated heterocycles. The Morgan fingerprint density at radius 3 is 1.09 bits per heavy atom. The summed E-state index contributed by atoms with van der Waals surface area (Å²) in [5.41, 5.74) is 0. The fraction of sp³-hybridized carbons (Fsp3) is 0.873. The molecule has 0 rings (SSSR count). The van der Waals surface area contributed by atoms with E-state index in [1.54, 1.807) is 6.08 Å². The smallest absolute Gasteiger partial charge is 0.268 e. The summed E-state index contributed by atoms with van der Waals surface area (Å²) < 4.78 is 23.4. The third-order valence-corrected chi connectivity index (χ3v) is 17.0. The number of rotatable bonds is 65. The first-order valence-corrected chi connectivity index (χ1v) is 36.5. The first-order valence-electron chi connectivity index (χ1n) is 35.0. The molecule has 3 unspecified atom stereocenters. The maximum absolute atomic E-state index is 13.0. The molecule has 0 saturated carbocycles. The van der Waals surface area contributed by atoms with Gasteiger partial charge >= 0.3 is 0 Å². The van der Waals surface area contributed by atoms with E-state index in [2.05, 4.69) is 55.6 Å². The van der Waals surface area contributed by atoms with Gasteiger partial charge in [-0.05, 0) is 64.2 Å². The number of nitrogens with zero attached hydrogens (tertiary/aromatic N) is 1. The number of carbonyl (C=O) groups excluding carboxylic acids is 1. The van der Waals surface area contributed by atoms with Crippen LogP contribution in [0.25, 0.3) is 0 Å². The summed E-state index contributed by atoms with van der Waals surface area (Å²) >= 11 is 0. The molecule has 80 heavy (non-hydrogen) atoms. The molecule has 2 N–H and O–H groups in total. The number of carbonyl (C=O) groups is 1. The lowest BCUT2D eigenvalue weighted by molar-refractivity contribution is -0.870. The quantitative estimate of drug-likeness (QED) is 0.0272. The van der Waals surface area contributed by atoms with Crippen molar-refractivity contribution in [3.63, 3.8) is 0 Å². The van der Waals surface area contributed by atoms with Gasteiger partial charge < -0.3 is 28.8 Å². The van der Waals surface area contributed by atoms with E-state index in [0.29, 0.717) is 17.4 Å². The largest absolute Gasteiger partial charge is 0.756 e. The van der Waals surface area contributed by atoms with Crippen LogP contribution >= 0.6 is 7.82 Å². The Kier molecular flexibility index (Phi) is 60.8. The van der Waals surface area contributed by atoms with Crippen LogP contribution in [-0.2, 0) is 18.4 Å². The Labute approximate surface area is 499 Å². The molecule has 0 fully saturated rings. The molecule has 0 radical (unpaired) electrons. The number of phosphoric acid groups is 1. The highest BCUT2D eigenvalue weighted by Gasteiger charge is 2.23. The maximum atomic E-state index is 13.0. The average Bonchev–Trinajstić information content (AvgIpc) is 3.42. The molecule has 0 spiro atoms. The predicted octanol–water partition coefficient (Wildman–Crippen LogP) is 21.6. The molecule has 8 nitrogen and oxygen atoms in total. The van der Waals surface area contributed by atoms with Crippen LogP contribution in [0.2, 0.25) is 0 Å². The fourth-order valence-electron chi connectivity index (χ4n) is 10.6. The van der Waals surface area contributed by atoms with Crippen molar-refractivity contribution >= 4 is 13.7 Å². The van der Waals surface area contributed by atoms with Gasteiger partial charge in [-0.2, -0.15) is 0 Å². The number of hydrogen-bond acceptors (Lipinski definition) is 6. The second-order valence-corrected chi connectivity index (χ2v) is 26.6. The van der Waals surface area contributed by atoms with Crippen LogP contribution in [0.3, 0.4) is 0 Å². The van der Waals surface area contributed by atoms with Crippen molar-refractivity contribution in [1.82, 2.24) is 5.32 Å². The van der Waals surface area contributed by atoms with Gasteiger partial charge in [-0.15, -0.1) is 0 Å². The number of phosphoric ester groups is 1. The van der Waals surface area contributed by atoms with Crippen LogP contribution in [0, 0.1) is 0 Å². The van der Waals surface area contributed by atoms with E-state index in [1.807, 2.05) is 27.2 Å². The summed E-state index contributed by atoms with van der Waals surface area (Å²) in [6.45, 7) is 4.67. The number of quaternary nitrogens is 1. The lowest BCUT2D eigenvalue weighted by Crippen LogP contribution is -2.45. The number of aliphatic hydroxyl groups is 1. The lowest BCUT2D eigenvalue weighted by Gasteiger charge is -2.29. The van der Waals surface area contributed by atoms with Gasteiger partial charge in [0.25, 0.3) is 7.82 Å². The van der Waals surface area contributed by atoms with Gasteiger partial charge in [0.2, 0.25) is 5.91 Å². The molecular weight excluding hydrogens is 1010 g/mol. The molecule has 9 heteroatoms. The molecule has 1 amide bonds. The molecule has 0 heterocycles. The molecule has 472 valence electrons. The van der Waals surface area contributed by atoms with Crippen LogP contribution in [-0.4, -0.2) is 68.5 Å². The summed E-state index contributed by atoms with van der Waals surface area (Å²) in [4.78, 5) is 25.6. The highest BCUT2D eigenvalue weighted by Crippen LogP contribution is 2.38. The molecule has 0 bridgehead atoms. The molecule has 0 aliphatic rings. The van der Waals surface area contributed by atoms with Crippen molar-refractivity contribution in [2.45, 2.75) is 360 Å². The number of allylic oxidation sites excluding steroid dienone is 7. The Morgan fingerprint density at radius 1 is 0.438 bits per heavy atom. The molecular formula is C71H137N2O6P. The van der Waals surface area contributed by atoms with Gasteiger partial charge in [0.05, 0.1) is 39.9 Å². The van der Waals surface area contributed by atoms with E-state index in [9.17, 15) is 19.4 Å². The van der Waals surface area contributed by atoms with Gasteiger partial charge in [-0.1, -0.05) is 326 Å². The topological polar surface area (TPSA) is 108 Å². The van der Waals surface area contributed by atoms with Crippen LogP contribution in [0.15, 0.2) is 48.6 Å².